The van der Waals surface area contributed by atoms with Crippen LogP contribution in [-0.2, 0) is 9.59 Å². The number of aliphatic carboxylic acids is 1. The molecule has 1 saturated heterocycles. The number of rotatable bonds is 11. The average molecular weight is 385 g/mol. The van der Waals surface area contributed by atoms with E-state index in [1.165, 1.54) is 12.2 Å². The highest BCUT2D eigenvalue weighted by Crippen LogP contribution is 2.34. The highest BCUT2D eigenvalue weighted by molar-refractivity contribution is 5.86. The zero-order chi connectivity index (χ0) is 20.4. The van der Waals surface area contributed by atoms with Crippen LogP contribution in [0.3, 0.4) is 0 Å². The lowest BCUT2D eigenvalue weighted by Crippen LogP contribution is -2.36. The number of amides is 1. The van der Waals surface area contributed by atoms with Crippen molar-refractivity contribution in [1.29, 1.82) is 0 Å². The van der Waals surface area contributed by atoms with Gasteiger partial charge in [-0.1, -0.05) is 31.9 Å². The third-order valence-corrected chi connectivity index (χ3v) is 4.69. The van der Waals surface area contributed by atoms with Gasteiger partial charge in [-0.25, -0.2) is 0 Å². The van der Waals surface area contributed by atoms with Crippen molar-refractivity contribution in [2.75, 3.05) is 6.54 Å². The predicted molar refractivity (Wildman–Crippen MR) is 98.2 cm³/mol. The van der Waals surface area contributed by atoms with Crippen molar-refractivity contribution in [2.24, 2.45) is 5.92 Å². The average Bonchev–Trinajstić information content (AvgIpc) is 2.82. The largest absolute Gasteiger partial charge is 0.481 e. The first-order valence-electron chi connectivity index (χ1n) is 9.35. The molecule has 1 unspecified atom stereocenters. The van der Waals surface area contributed by atoms with Gasteiger partial charge in [0.2, 0.25) is 0 Å². The molecule has 152 valence electrons. The van der Waals surface area contributed by atoms with Gasteiger partial charge in [0, 0.05) is 25.8 Å². The highest BCUT2D eigenvalue weighted by Gasteiger charge is 2.52. The van der Waals surface area contributed by atoms with Gasteiger partial charge in [-0.15, -0.1) is 11.8 Å². The quantitative estimate of drug-likeness (QED) is 0.325. The maximum absolute atomic E-state index is 13.8. The molecule has 2 N–H and O–H groups in total. The van der Waals surface area contributed by atoms with E-state index in [4.69, 9.17) is 5.11 Å². The van der Waals surface area contributed by atoms with Gasteiger partial charge in [-0.2, -0.15) is 8.78 Å². The Labute approximate surface area is 159 Å². The summed E-state index contributed by atoms with van der Waals surface area (Å²) in [5, 5.41) is 18.7. The molecular weight excluding hydrogens is 356 g/mol. The lowest BCUT2D eigenvalue weighted by molar-refractivity contribution is -0.148. The molecule has 0 radical (unpaired) electrons. The summed E-state index contributed by atoms with van der Waals surface area (Å²) in [6.07, 6.45) is 4.58. The number of likely N-dealkylation sites (tertiary alicyclic amines) is 1. The third-order valence-electron chi connectivity index (χ3n) is 4.69. The zero-order valence-corrected chi connectivity index (χ0v) is 16.0. The first-order chi connectivity index (χ1) is 12.7. The number of unbranched alkanes of at least 4 members (excludes halogenated alkanes) is 3. The minimum Gasteiger partial charge on any atom is -0.481 e. The molecule has 7 heteroatoms. The van der Waals surface area contributed by atoms with Crippen molar-refractivity contribution in [2.45, 2.75) is 76.9 Å². The number of aliphatic hydroxyl groups is 1. The second kappa shape index (κ2) is 11.0. The van der Waals surface area contributed by atoms with E-state index < -0.39 is 36.4 Å². The number of carboxylic acid groups (broad SMARTS) is 1. The summed E-state index contributed by atoms with van der Waals surface area (Å²) < 4.78 is 27.7. The van der Waals surface area contributed by atoms with Crippen LogP contribution >= 0.6 is 0 Å². The van der Waals surface area contributed by atoms with Crippen molar-refractivity contribution in [3.8, 4) is 11.8 Å². The standard InChI is InChI=1S/C20H29F2NO4/c1-3-4-9-15(2)17(24)12-11-16-14-20(21,22)19(27)23(16)13-8-6-5-7-10-18(25)26/h11-12,15-17,24H,5-10,13-14H2,1-2H3,(H,25,26)/b12-11+/t15-,16?,17+/m0/s1. The number of carboxylic acids is 1. The summed E-state index contributed by atoms with van der Waals surface area (Å²) in [6, 6.07) is -0.745. The zero-order valence-electron chi connectivity index (χ0n) is 16.0. The van der Waals surface area contributed by atoms with E-state index >= 15 is 0 Å². The van der Waals surface area contributed by atoms with Gasteiger partial charge in [0.05, 0.1) is 12.1 Å². The van der Waals surface area contributed by atoms with E-state index in [1.54, 1.807) is 6.92 Å². The fourth-order valence-electron chi connectivity index (χ4n) is 2.99. The number of halogens is 2. The Morgan fingerprint density at radius 1 is 1.37 bits per heavy atom. The maximum atomic E-state index is 13.8. The number of nitrogens with zero attached hydrogens (tertiary/aromatic N) is 1. The molecule has 0 bridgehead atoms. The Hall–Kier alpha value is -1.94. The van der Waals surface area contributed by atoms with Crippen LogP contribution in [0.1, 0.15) is 58.8 Å². The van der Waals surface area contributed by atoms with E-state index in [9.17, 15) is 23.5 Å². The van der Waals surface area contributed by atoms with E-state index in [0.717, 1.165) is 4.90 Å². The first kappa shape index (κ1) is 23.1. The van der Waals surface area contributed by atoms with E-state index in [-0.39, 0.29) is 18.9 Å². The number of hydrogen-bond acceptors (Lipinski definition) is 3. The van der Waals surface area contributed by atoms with Crippen LogP contribution in [0.25, 0.3) is 0 Å². The lowest BCUT2D eigenvalue weighted by Gasteiger charge is -2.22. The fraction of sp³-hybridized carbons (Fsp3) is 0.700. The highest BCUT2D eigenvalue weighted by atomic mass is 19.3. The molecule has 27 heavy (non-hydrogen) atoms. The molecule has 1 heterocycles. The van der Waals surface area contributed by atoms with Gasteiger partial charge >= 0.3 is 11.9 Å². The molecule has 1 fully saturated rings. The van der Waals surface area contributed by atoms with Gasteiger partial charge in [0.15, 0.2) is 0 Å². The Kier molecular flexibility index (Phi) is 9.44. The van der Waals surface area contributed by atoms with Gasteiger partial charge in [-0.3, -0.25) is 9.59 Å². The molecule has 0 aromatic heterocycles. The van der Waals surface area contributed by atoms with Crippen LogP contribution in [0.4, 0.5) is 8.78 Å². The van der Waals surface area contributed by atoms with Gasteiger partial charge in [-0.05, 0) is 25.7 Å². The fourth-order valence-corrected chi connectivity index (χ4v) is 2.99. The Bertz CT molecular complexity index is 595. The molecule has 0 aromatic carbocycles. The number of hydrogen-bond donors (Lipinski definition) is 2. The van der Waals surface area contributed by atoms with Crippen LogP contribution in [0.5, 0.6) is 0 Å². The Morgan fingerprint density at radius 3 is 2.67 bits per heavy atom. The predicted octanol–water partition coefficient (Wildman–Crippen LogP) is 3.22. The normalized spacial score (nSPS) is 21.1. The summed E-state index contributed by atoms with van der Waals surface area (Å²) >= 11 is 0. The topological polar surface area (TPSA) is 77.8 Å². The van der Waals surface area contributed by atoms with Crippen LogP contribution in [0.15, 0.2) is 12.2 Å². The number of carbonyl (C=O) groups excluding carboxylic acids is 1. The van der Waals surface area contributed by atoms with Gasteiger partial charge in [0.1, 0.15) is 0 Å². The van der Waals surface area contributed by atoms with Crippen molar-refractivity contribution in [1.82, 2.24) is 4.90 Å². The second-order valence-electron chi connectivity index (χ2n) is 7.02. The van der Waals surface area contributed by atoms with Crippen LogP contribution in [-0.4, -0.2) is 51.6 Å². The van der Waals surface area contributed by atoms with Crippen molar-refractivity contribution in [3.05, 3.63) is 12.2 Å². The SMILES string of the molecule is CC#CC[C@H](C)[C@H](O)/C=C/C1CC(F)(F)C(=O)N1CCCCCCC(=O)O. The molecule has 0 aliphatic carbocycles. The van der Waals surface area contributed by atoms with Crippen molar-refractivity contribution >= 4 is 11.9 Å². The number of carbonyl (C=O) groups is 2. The molecule has 3 atom stereocenters. The van der Waals surface area contributed by atoms with Gasteiger partial charge in [0.25, 0.3) is 5.91 Å². The Balaban J connectivity index is 2.59. The van der Waals surface area contributed by atoms with E-state index in [1.807, 2.05) is 6.92 Å². The second-order valence-corrected chi connectivity index (χ2v) is 7.02. The number of aliphatic hydroxyl groups excluding tert-OH is 1. The third kappa shape index (κ3) is 7.67. The molecule has 0 aromatic rings. The molecule has 1 amide bonds. The summed E-state index contributed by atoms with van der Waals surface area (Å²) in [5.41, 5.74) is 0. The monoisotopic (exact) mass is 385 g/mol. The molecule has 1 rings (SSSR count). The minimum absolute atomic E-state index is 0.0879. The smallest absolute Gasteiger partial charge is 0.327 e. The molecule has 1 aliphatic heterocycles. The minimum atomic E-state index is -3.39. The van der Waals surface area contributed by atoms with Gasteiger partial charge < -0.3 is 15.1 Å². The summed E-state index contributed by atoms with van der Waals surface area (Å²) in [5.74, 6) is 0.0706. The van der Waals surface area contributed by atoms with Crippen LogP contribution in [0.2, 0.25) is 0 Å². The Morgan fingerprint density at radius 2 is 2.04 bits per heavy atom. The first-order valence-corrected chi connectivity index (χ1v) is 9.35. The molecule has 1 aliphatic rings. The molecule has 0 spiro atoms. The molecular formula is C20H29F2NO4. The van der Waals surface area contributed by atoms with E-state index in [2.05, 4.69) is 11.8 Å². The number of alkyl halides is 2. The summed E-state index contributed by atoms with van der Waals surface area (Å²) in [6.45, 7) is 3.73. The summed E-state index contributed by atoms with van der Waals surface area (Å²) in [4.78, 5) is 23.6. The van der Waals surface area contributed by atoms with Crippen molar-refractivity contribution < 1.29 is 28.6 Å². The molecule has 0 saturated carbocycles. The lowest BCUT2D eigenvalue weighted by atomic mass is 10.00. The maximum Gasteiger partial charge on any atom is 0.327 e. The molecule has 5 nitrogen and oxygen atoms in total. The van der Waals surface area contributed by atoms with Crippen LogP contribution in [0, 0.1) is 17.8 Å². The summed E-state index contributed by atoms with van der Waals surface area (Å²) in [7, 11) is 0. The van der Waals surface area contributed by atoms with Crippen LogP contribution < -0.4 is 0 Å². The van der Waals surface area contributed by atoms with E-state index in [0.29, 0.717) is 32.1 Å². The van der Waals surface area contributed by atoms with Crippen molar-refractivity contribution in [3.63, 3.8) is 0 Å².